The average molecular weight is 160 g/mol. The molecule has 0 saturated heterocycles. The minimum Gasteiger partial charge on any atom is -0.398 e. The van der Waals surface area contributed by atoms with Crippen molar-refractivity contribution in [3.63, 3.8) is 0 Å². The van der Waals surface area contributed by atoms with Crippen LogP contribution in [0.25, 0.3) is 6.08 Å². The van der Waals surface area contributed by atoms with E-state index in [9.17, 15) is 5.11 Å². The van der Waals surface area contributed by atoms with Crippen LogP contribution >= 0.6 is 0 Å². The van der Waals surface area contributed by atoms with E-state index in [1.807, 2.05) is 30.4 Å². The fraction of sp³-hybridized carbons (Fsp3) is 0.100. The maximum atomic E-state index is 9.50. The molecular formula is C10H10NO. The molecule has 0 atom stereocenters. The van der Waals surface area contributed by atoms with E-state index in [-0.39, 0.29) is 0 Å². The first-order chi connectivity index (χ1) is 5.79. The highest BCUT2D eigenvalue weighted by Crippen LogP contribution is 2.30. The van der Waals surface area contributed by atoms with E-state index >= 15 is 0 Å². The first-order valence-corrected chi connectivity index (χ1v) is 3.89. The third-order valence-electron chi connectivity index (χ3n) is 2.05. The zero-order chi connectivity index (χ0) is 8.55. The van der Waals surface area contributed by atoms with E-state index in [0.29, 0.717) is 12.5 Å². The molecule has 1 aromatic carbocycles. The largest absolute Gasteiger partial charge is 0.398 e. The van der Waals surface area contributed by atoms with E-state index in [2.05, 4.69) is 0 Å². The van der Waals surface area contributed by atoms with E-state index in [4.69, 9.17) is 5.73 Å². The van der Waals surface area contributed by atoms with Gasteiger partial charge in [0.15, 0.2) is 0 Å². The van der Waals surface area contributed by atoms with Crippen molar-refractivity contribution in [2.45, 2.75) is 6.42 Å². The van der Waals surface area contributed by atoms with E-state index in [1.165, 1.54) is 0 Å². The molecule has 2 nitrogen and oxygen atoms in total. The molecule has 1 radical (unpaired) electrons. The van der Waals surface area contributed by atoms with Crippen LogP contribution in [0.1, 0.15) is 17.5 Å². The van der Waals surface area contributed by atoms with Gasteiger partial charge in [-0.15, -0.1) is 0 Å². The summed E-state index contributed by atoms with van der Waals surface area (Å²) in [6.07, 6.45) is 4.87. The van der Waals surface area contributed by atoms with Crippen LogP contribution in [0.3, 0.4) is 0 Å². The first-order valence-electron chi connectivity index (χ1n) is 3.89. The van der Waals surface area contributed by atoms with Gasteiger partial charge in [-0.05, 0) is 11.6 Å². The van der Waals surface area contributed by atoms with Gasteiger partial charge in [-0.1, -0.05) is 24.3 Å². The van der Waals surface area contributed by atoms with Gasteiger partial charge in [-0.2, -0.15) is 0 Å². The standard InChI is InChI=1S/C10H10NO/c11-9-5-1-4-8-7(9)3-2-6-10(8)12/h1-5,12H,6,11H2. The number of benzene rings is 1. The summed E-state index contributed by atoms with van der Waals surface area (Å²) in [5.41, 5.74) is 8.24. The van der Waals surface area contributed by atoms with Crippen LogP contribution in [0.15, 0.2) is 24.3 Å². The Kier molecular flexibility index (Phi) is 1.62. The summed E-state index contributed by atoms with van der Waals surface area (Å²) in [5.74, 6) is 0. The summed E-state index contributed by atoms with van der Waals surface area (Å²) in [6.45, 7) is 0. The number of nitrogen functional groups attached to an aromatic ring is 1. The highest BCUT2D eigenvalue weighted by Gasteiger charge is 2.15. The Morgan fingerprint density at radius 3 is 2.92 bits per heavy atom. The number of hydrogen-bond donors (Lipinski definition) is 2. The van der Waals surface area contributed by atoms with Crippen molar-refractivity contribution in [2.24, 2.45) is 0 Å². The van der Waals surface area contributed by atoms with E-state index in [0.717, 1.165) is 16.8 Å². The molecule has 0 aromatic heterocycles. The van der Waals surface area contributed by atoms with Crippen LogP contribution in [0.4, 0.5) is 5.69 Å². The van der Waals surface area contributed by atoms with Crippen molar-refractivity contribution in [3.05, 3.63) is 41.5 Å². The molecule has 0 amide bonds. The van der Waals surface area contributed by atoms with Gasteiger partial charge < -0.3 is 10.8 Å². The molecule has 0 fully saturated rings. The molecular weight excluding hydrogens is 150 g/mol. The van der Waals surface area contributed by atoms with Crippen molar-refractivity contribution in [1.82, 2.24) is 0 Å². The van der Waals surface area contributed by atoms with Crippen molar-refractivity contribution in [1.29, 1.82) is 0 Å². The predicted molar refractivity (Wildman–Crippen MR) is 48.8 cm³/mol. The van der Waals surface area contributed by atoms with Crippen LogP contribution in [0, 0.1) is 6.10 Å². The fourth-order valence-electron chi connectivity index (χ4n) is 1.42. The highest BCUT2D eigenvalue weighted by molar-refractivity contribution is 5.71. The number of hydrogen-bond acceptors (Lipinski definition) is 2. The van der Waals surface area contributed by atoms with Crippen molar-refractivity contribution < 1.29 is 5.11 Å². The van der Waals surface area contributed by atoms with Gasteiger partial charge in [0.05, 0.1) is 0 Å². The summed E-state index contributed by atoms with van der Waals surface area (Å²) in [5, 5.41) is 9.50. The Hall–Kier alpha value is -1.28. The molecule has 0 unspecified atom stereocenters. The summed E-state index contributed by atoms with van der Waals surface area (Å²) in [7, 11) is 0. The van der Waals surface area contributed by atoms with Gasteiger partial charge >= 0.3 is 0 Å². The molecule has 0 spiro atoms. The molecule has 1 aromatic rings. The third kappa shape index (κ3) is 1.01. The maximum absolute atomic E-state index is 9.50. The summed E-state index contributed by atoms with van der Waals surface area (Å²) in [6, 6.07) is 5.57. The normalized spacial score (nSPS) is 16.1. The molecule has 0 bridgehead atoms. The van der Waals surface area contributed by atoms with E-state index in [1.54, 1.807) is 0 Å². The average Bonchev–Trinajstić information content (AvgIpc) is 2.07. The SMILES string of the molecule is Nc1cccc2c1C=CC[C]2O. The molecule has 0 heterocycles. The van der Waals surface area contributed by atoms with Crippen molar-refractivity contribution in [3.8, 4) is 0 Å². The Morgan fingerprint density at radius 2 is 2.17 bits per heavy atom. The second-order valence-electron chi connectivity index (χ2n) is 2.86. The van der Waals surface area contributed by atoms with Crippen LogP contribution in [0.2, 0.25) is 0 Å². The molecule has 0 aliphatic heterocycles. The second-order valence-corrected chi connectivity index (χ2v) is 2.86. The quantitative estimate of drug-likeness (QED) is 0.570. The van der Waals surface area contributed by atoms with Gasteiger partial charge in [-0.3, -0.25) is 0 Å². The summed E-state index contributed by atoms with van der Waals surface area (Å²) < 4.78 is 0. The summed E-state index contributed by atoms with van der Waals surface area (Å²) >= 11 is 0. The number of aliphatic hydroxyl groups excluding tert-OH is 1. The first kappa shape index (κ1) is 7.37. The van der Waals surface area contributed by atoms with Gasteiger partial charge in [0, 0.05) is 17.7 Å². The minimum absolute atomic E-state index is 0.403. The molecule has 12 heavy (non-hydrogen) atoms. The maximum Gasteiger partial charge on any atom is 0.127 e. The second kappa shape index (κ2) is 2.64. The number of nitrogens with two attached hydrogens (primary N) is 1. The lowest BCUT2D eigenvalue weighted by Crippen LogP contribution is -2.05. The molecule has 2 heteroatoms. The zero-order valence-corrected chi connectivity index (χ0v) is 6.62. The molecule has 61 valence electrons. The Balaban J connectivity index is 2.61. The lowest BCUT2D eigenvalue weighted by molar-refractivity contribution is 0.325. The number of fused-ring (bicyclic) bond motifs is 1. The van der Waals surface area contributed by atoms with Gasteiger partial charge in [0.2, 0.25) is 0 Å². The van der Waals surface area contributed by atoms with Crippen molar-refractivity contribution in [2.75, 3.05) is 5.73 Å². The Morgan fingerprint density at radius 1 is 1.33 bits per heavy atom. The molecule has 0 saturated carbocycles. The van der Waals surface area contributed by atoms with Crippen LogP contribution in [0.5, 0.6) is 0 Å². The number of anilines is 1. The molecule has 1 aliphatic carbocycles. The zero-order valence-electron chi connectivity index (χ0n) is 6.62. The molecule has 3 N–H and O–H groups in total. The van der Waals surface area contributed by atoms with Crippen LogP contribution in [-0.4, -0.2) is 5.11 Å². The number of rotatable bonds is 0. The lowest BCUT2D eigenvalue weighted by Gasteiger charge is -2.16. The Bertz CT molecular complexity index is 331. The van der Waals surface area contributed by atoms with Gasteiger partial charge in [0.25, 0.3) is 0 Å². The lowest BCUT2D eigenvalue weighted by atomic mass is 9.94. The molecule has 2 rings (SSSR count). The highest BCUT2D eigenvalue weighted by atomic mass is 16.3. The van der Waals surface area contributed by atoms with E-state index < -0.39 is 0 Å². The third-order valence-corrected chi connectivity index (χ3v) is 2.05. The number of aliphatic hydroxyl groups is 1. The predicted octanol–water partition coefficient (Wildman–Crippen LogP) is 1.94. The topological polar surface area (TPSA) is 46.2 Å². The smallest absolute Gasteiger partial charge is 0.127 e. The van der Waals surface area contributed by atoms with Crippen LogP contribution in [-0.2, 0) is 0 Å². The van der Waals surface area contributed by atoms with Gasteiger partial charge in [0.1, 0.15) is 6.10 Å². The minimum atomic E-state index is 0.403. The van der Waals surface area contributed by atoms with Crippen LogP contribution < -0.4 is 5.73 Å². The van der Waals surface area contributed by atoms with Gasteiger partial charge in [-0.25, -0.2) is 0 Å². The summed E-state index contributed by atoms with van der Waals surface area (Å²) in [4.78, 5) is 0. The molecule has 1 aliphatic rings. The van der Waals surface area contributed by atoms with Crippen molar-refractivity contribution >= 4 is 11.8 Å². The Labute approximate surface area is 71.3 Å². The monoisotopic (exact) mass is 160 g/mol. The fourth-order valence-corrected chi connectivity index (χ4v) is 1.42.